The molecule has 3 nitrogen and oxygen atoms in total. The van der Waals surface area contributed by atoms with Crippen molar-refractivity contribution < 1.29 is 5.11 Å². The standard InChI is InChI=1S/C8H18N2O/c1-9-10(2)7-5-3-4-6-8(7)11/h7-9,11H,3-6H2,1-2H3. The maximum absolute atomic E-state index is 9.59. The first-order valence-electron chi connectivity index (χ1n) is 4.34. The second-order valence-electron chi connectivity index (χ2n) is 3.25. The molecule has 0 aromatic heterocycles. The molecule has 0 spiro atoms. The number of nitrogens with zero attached hydrogens (tertiary/aromatic N) is 1. The van der Waals surface area contributed by atoms with Crippen molar-refractivity contribution in [2.75, 3.05) is 14.1 Å². The van der Waals surface area contributed by atoms with E-state index < -0.39 is 0 Å². The molecular formula is C8H18N2O. The molecule has 0 saturated heterocycles. The molecule has 66 valence electrons. The van der Waals surface area contributed by atoms with Crippen LogP contribution in [0.3, 0.4) is 0 Å². The Morgan fingerprint density at radius 3 is 2.55 bits per heavy atom. The smallest absolute Gasteiger partial charge is 0.0709 e. The quantitative estimate of drug-likeness (QED) is 0.569. The summed E-state index contributed by atoms with van der Waals surface area (Å²) >= 11 is 0. The zero-order valence-electron chi connectivity index (χ0n) is 7.38. The Hall–Kier alpha value is -0.120. The molecule has 1 rings (SSSR count). The van der Waals surface area contributed by atoms with Gasteiger partial charge >= 0.3 is 0 Å². The molecule has 11 heavy (non-hydrogen) atoms. The fourth-order valence-corrected chi connectivity index (χ4v) is 1.71. The highest BCUT2D eigenvalue weighted by molar-refractivity contribution is 4.79. The third-order valence-corrected chi connectivity index (χ3v) is 2.54. The van der Waals surface area contributed by atoms with Crippen molar-refractivity contribution in [3.63, 3.8) is 0 Å². The summed E-state index contributed by atoms with van der Waals surface area (Å²) in [5.41, 5.74) is 3.04. The minimum atomic E-state index is -0.138. The zero-order valence-corrected chi connectivity index (χ0v) is 7.38. The lowest BCUT2D eigenvalue weighted by atomic mass is 9.92. The molecule has 1 aliphatic carbocycles. The lowest BCUT2D eigenvalue weighted by Crippen LogP contribution is -2.48. The van der Waals surface area contributed by atoms with Crippen LogP contribution in [-0.2, 0) is 0 Å². The minimum absolute atomic E-state index is 0.138. The lowest BCUT2D eigenvalue weighted by Gasteiger charge is -2.34. The Balaban J connectivity index is 2.40. The summed E-state index contributed by atoms with van der Waals surface area (Å²) in [5, 5.41) is 11.6. The Morgan fingerprint density at radius 1 is 1.36 bits per heavy atom. The monoisotopic (exact) mass is 158 g/mol. The summed E-state index contributed by atoms with van der Waals surface area (Å²) in [6.07, 6.45) is 4.35. The normalized spacial score (nSPS) is 32.7. The van der Waals surface area contributed by atoms with Crippen LogP contribution in [0, 0.1) is 0 Å². The molecule has 0 radical (unpaired) electrons. The zero-order chi connectivity index (χ0) is 8.27. The van der Waals surface area contributed by atoms with Gasteiger partial charge in [0.1, 0.15) is 0 Å². The van der Waals surface area contributed by atoms with Crippen molar-refractivity contribution in [2.24, 2.45) is 0 Å². The summed E-state index contributed by atoms with van der Waals surface area (Å²) in [7, 11) is 3.88. The number of hydrogen-bond donors (Lipinski definition) is 2. The average molecular weight is 158 g/mol. The molecule has 0 bridgehead atoms. The Bertz CT molecular complexity index is 115. The number of likely N-dealkylation sites (N-methyl/N-ethyl adjacent to an activating group) is 1. The van der Waals surface area contributed by atoms with Crippen LogP contribution in [0.5, 0.6) is 0 Å². The Labute approximate surface area is 68.4 Å². The van der Waals surface area contributed by atoms with Crippen molar-refractivity contribution in [2.45, 2.75) is 37.8 Å². The molecule has 0 aromatic rings. The molecule has 1 saturated carbocycles. The first-order valence-corrected chi connectivity index (χ1v) is 4.34. The van der Waals surface area contributed by atoms with Crippen LogP contribution in [0.1, 0.15) is 25.7 Å². The van der Waals surface area contributed by atoms with E-state index in [0.29, 0.717) is 6.04 Å². The highest BCUT2D eigenvalue weighted by Crippen LogP contribution is 2.20. The number of hydrogen-bond acceptors (Lipinski definition) is 3. The van der Waals surface area contributed by atoms with E-state index in [2.05, 4.69) is 5.43 Å². The second-order valence-corrected chi connectivity index (χ2v) is 3.25. The number of hydrazine groups is 1. The van der Waals surface area contributed by atoms with Gasteiger partial charge in [-0.15, -0.1) is 0 Å². The summed E-state index contributed by atoms with van der Waals surface area (Å²) in [4.78, 5) is 0. The molecule has 2 unspecified atom stereocenters. The van der Waals surface area contributed by atoms with E-state index >= 15 is 0 Å². The Morgan fingerprint density at radius 2 is 2.00 bits per heavy atom. The van der Waals surface area contributed by atoms with Crippen LogP contribution in [0.4, 0.5) is 0 Å². The minimum Gasteiger partial charge on any atom is -0.391 e. The van der Waals surface area contributed by atoms with Crippen LogP contribution in [0.15, 0.2) is 0 Å². The first kappa shape index (κ1) is 8.97. The number of aliphatic hydroxyl groups is 1. The van der Waals surface area contributed by atoms with Gasteiger partial charge in [0.25, 0.3) is 0 Å². The van der Waals surface area contributed by atoms with Crippen molar-refractivity contribution in [1.29, 1.82) is 0 Å². The molecule has 0 amide bonds. The topological polar surface area (TPSA) is 35.5 Å². The molecule has 2 atom stereocenters. The van der Waals surface area contributed by atoms with E-state index in [1.165, 1.54) is 12.8 Å². The second kappa shape index (κ2) is 4.04. The van der Waals surface area contributed by atoms with Crippen molar-refractivity contribution >= 4 is 0 Å². The van der Waals surface area contributed by atoms with Gasteiger partial charge in [-0.1, -0.05) is 12.8 Å². The van der Waals surface area contributed by atoms with Gasteiger partial charge in [0.15, 0.2) is 0 Å². The maximum Gasteiger partial charge on any atom is 0.0709 e. The van der Waals surface area contributed by atoms with Crippen molar-refractivity contribution in [1.82, 2.24) is 10.4 Å². The fraction of sp³-hybridized carbons (Fsp3) is 1.00. The van der Waals surface area contributed by atoms with Crippen LogP contribution in [-0.4, -0.2) is 36.4 Å². The summed E-state index contributed by atoms with van der Waals surface area (Å²) in [6.45, 7) is 0. The lowest BCUT2D eigenvalue weighted by molar-refractivity contribution is 0.0130. The molecule has 1 aliphatic rings. The third-order valence-electron chi connectivity index (χ3n) is 2.54. The average Bonchev–Trinajstić information content (AvgIpc) is 2.04. The predicted octanol–water partition coefficient (Wildman–Crippen LogP) is 0.356. The fourth-order valence-electron chi connectivity index (χ4n) is 1.71. The highest BCUT2D eigenvalue weighted by Gasteiger charge is 2.25. The van der Waals surface area contributed by atoms with E-state index in [0.717, 1.165) is 12.8 Å². The third kappa shape index (κ3) is 2.15. The molecule has 2 N–H and O–H groups in total. The largest absolute Gasteiger partial charge is 0.391 e. The van der Waals surface area contributed by atoms with Crippen molar-refractivity contribution in [3.8, 4) is 0 Å². The SMILES string of the molecule is CNN(C)C1CCCCC1O. The van der Waals surface area contributed by atoms with Gasteiger partial charge in [-0.3, -0.25) is 5.43 Å². The molecule has 0 aliphatic heterocycles. The molecule has 1 fully saturated rings. The van der Waals surface area contributed by atoms with E-state index in [-0.39, 0.29) is 6.10 Å². The van der Waals surface area contributed by atoms with E-state index in [1.807, 2.05) is 19.1 Å². The van der Waals surface area contributed by atoms with E-state index in [9.17, 15) is 5.11 Å². The maximum atomic E-state index is 9.59. The predicted molar refractivity (Wildman–Crippen MR) is 45.1 cm³/mol. The molecule has 0 aromatic carbocycles. The van der Waals surface area contributed by atoms with Gasteiger partial charge in [0, 0.05) is 13.1 Å². The molecule has 3 heteroatoms. The first-order chi connectivity index (χ1) is 5.25. The van der Waals surface area contributed by atoms with Crippen LogP contribution >= 0.6 is 0 Å². The van der Waals surface area contributed by atoms with Gasteiger partial charge in [0.05, 0.1) is 6.10 Å². The number of aliphatic hydroxyl groups excluding tert-OH is 1. The molecular weight excluding hydrogens is 140 g/mol. The van der Waals surface area contributed by atoms with Gasteiger partial charge in [0.2, 0.25) is 0 Å². The van der Waals surface area contributed by atoms with Gasteiger partial charge in [-0.25, -0.2) is 5.01 Å². The van der Waals surface area contributed by atoms with Crippen molar-refractivity contribution in [3.05, 3.63) is 0 Å². The van der Waals surface area contributed by atoms with Gasteiger partial charge in [-0.05, 0) is 19.9 Å². The van der Waals surface area contributed by atoms with Crippen LogP contribution in [0.2, 0.25) is 0 Å². The Kier molecular flexibility index (Phi) is 3.30. The van der Waals surface area contributed by atoms with E-state index in [4.69, 9.17) is 0 Å². The molecule has 0 heterocycles. The number of nitrogens with one attached hydrogen (secondary N) is 1. The van der Waals surface area contributed by atoms with Gasteiger partial charge < -0.3 is 5.11 Å². The number of rotatable bonds is 2. The van der Waals surface area contributed by atoms with Crippen LogP contribution in [0.25, 0.3) is 0 Å². The van der Waals surface area contributed by atoms with E-state index in [1.54, 1.807) is 0 Å². The summed E-state index contributed by atoms with van der Waals surface area (Å²) in [6, 6.07) is 0.314. The summed E-state index contributed by atoms with van der Waals surface area (Å²) < 4.78 is 0. The van der Waals surface area contributed by atoms with Gasteiger partial charge in [-0.2, -0.15) is 0 Å². The van der Waals surface area contributed by atoms with Crippen LogP contribution < -0.4 is 5.43 Å². The summed E-state index contributed by atoms with van der Waals surface area (Å²) in [5.74, 6) is 0. The highest BCUT2D eigenvalue weighted by atomic mass is 16.3.